The van der Waals surface area contributed by atoms with Gasteiger partial charge in [0.1, 0.15) is 13.2 Å². The Labute approximate surface area is 195 Å². The number of methoxy groups -OCH3 is 1. The third kappa shape index (κ3) is 6.05. The van der Waals surface area contributed by atoms with E-state index >= 15 is 0 Å². The fourth-order valence-corrected chi connectivity index (χ4v) is 3.82. The summed E-state index contributed by atoms with van der Waals surface area (Å²) in [6, 6.07) is 12.5. The van der Waals surface area contributed by atoms with E-state index in [-0.39, 0.29) is 11.0 Å². The Morgan fingerprint density at radius 1 is 1.12 bits per heavy atom. The number of carbonyl (C=O) groups excluding carboxylic acids is 3. The summed E-state index contributed by atoms with van der Waals surface area (Å²) in [6.45, 7) is 3.27. The molecule has 2 aromatic rings. The average molecular weight is 476 g/mol. The van der Waals surface area contributed by atoms with E-state index < -0.39 is 23.7 Å². The Morgan fingerprint density at radius 3 is 2.50 bits per heavy atom. The van der Waals surface area contributed by atoms with Crippen molar-refractivity contribution in [3.8, 4) is 11.5 Å². The van der Waals surface area contributed by atoms with Crippen LogP contribution in [0, 0.1) is 0 Å². The van der Waals surface area contributed by atoms with Gasteiger partial charge in [-0.1, -0.05) is 29.8 Å². The second-order valence-electron chi connectivity index (χ2n) is 7.13. The van der Waals surface area contributed by atoms with Crippen molar-refractivity contribution >= 4 is 46.6 Å². The first-order valence-corrected chi connectivity index (χ1v) is 11.0. The van der Waals surface area contributed by atoms with Crippen LogP contribution < -0.4 is 9.47 Å². The highest BCUT2D eigenvalue weighted by atomic mass is 35.5. The van der Waals surface area contributed by atoms with E-state index in [9.17, 15) is 14.4 Å². The second kappa shape index (κ2) is 10.6. The molecule has 0 N–H and O–H groups in total. The highest BCUT2D eigenvalue weighted by Gasteiger charge is 2.36. The zero-order valence-electron chi connectivity index (χ0n) is 17.8. The molecule has 32 heavy (non-hydrogen) atoms. The molecule has 9 heteroatoms. The van der Waals surface area contributed by atoms with Crippen molar-refractivity contribution in [2.24, 2.45) is 0 Å². The van der Waals surface area contributed by atoms with Gasteiger partial charge >= 0.3 is 5.97 Å². The molecule has 1 heterocycles. The number of rotatable bonds is 8. The number of nitrogens with zero attached hydrogens (tertiary/aromatic N) is 1. The van der Waals surface area contributed by atoms with Crippen molar-refractivity contribution in [2.75, 3.05) is 13.7 Å². The van der Waals surface area contributed by atoms with Crippen molar-refractivity contribution in [1.29, 1.82) is 0 Å². The predicted molar refractivity (Wildman–Crippen MR) is 123 cm³/mol. The van der Waals surface area contributed by atoms with E-state index in [1.165, 1.54) is 7.11 Å². The first kappa shape index (κ1) is 23.7. The van der Waals surface area contributed by atoms with Gasteiger partial charge in [-0.05, 0) is 67.1 Å². The van der Waals surface area contributed by atoms with Gasteiger partial charge in [0.15, 0.2) is 11.5 Å². The van der Waals surface area contributed by atoms with Gasteiger partial charge in [-0.15, -0.1) is 0 Å². The molecular weight excluding hydrogens is 454 g/mol. The molecule has 0 aromatic heterocycles. The molecule has 3 rings (SSSR count). The van der Waals surface area contributed by atoms with Gasteiger partial charge in [-0.25, -0.2) is 0 Å². The summed E-state index contributed by atoms with van der Waals surface area (Å²) in [7, 11) is 1.53. The number of hydrogen-bond donors (Lipinski definition) is 0. The Morgan fingerprint density at radius 2 is 1.84 bits per heavy atom. The number of amides is 2. The molecule has 2 amide bonds. The lowest BCUT2D eigenvalue weighted by Crippen LogP contribution is -2.35. The molecule has 2 aromatic carbocycles. The highest BCUT2D eigenvalue weighted by Crippen LogP contribution is 2.34. The molecule has 0 radical (unpaired) electrons. The highest BCUT2D eigenvalue weighted by molar-refractivity contribution is 8.18. The van der Waals surface area contributed by atoms with Gasteiger partial charge in [0, 0.05) is 5.02 Å². The van der Waals surface area contributed by atoms with Gasteiger partial charge in [-0.2, -0.15) is 0 Å². The van der Waals surface area contributed by atoms with Gasteiger partial charge in [0.25, 0.3) is 11.1 Å². The fraction of sp³-hybridized carbons (Fsp3) is 0.261. The smallest absolute Gasteiger partial charge is 0.326 e. The minimum Gasteiger partial charge on any atom is -0.493 e. The van der Waals surface area contributed by atoms with Crippen molar-refractivity contribution in [3.05, 3.63) is 63.5 Å². The number of hydrogen-bond acceptors (Lipinski definition) is 7. The van der Waals surface area contributed by atoms with Gasteiger partial charge in [-0.3, -0.25) is 19.3 Å². The Balaban J connectivity index is 1.75. The van der Waals surface area contributed by atoms with E-state index in [4.69, 9.17) is 25.8 Å². The van der Waals surface area contributed by atoms with E-state index in [1.54, 1.807) is 50.3 Å². The lowest BCUT2D eigenvalue weighted by atomic mass is 10.1. The first-order valence-electron chi connectivity index (χ1n) is 9.77. The number of carbonyl (C=O) groups is 3. The van der Waals surface area contributed by atoms with Gasteiger partial charge in [0.2, 0.25) is 0 Å². The molecule has 0 bridgehead atoms. The normalized spacial score (nSPS) is 14.9. The van der Waals surface area contributed by atoms with Gasteiger partial charge < -0.3 is 14.2 Å². The SMILES string of the molecule is COc1ccc(/C=C2\SC(=O)N(CC(=O)OC(C)C)C2=O)cc1OCc1ccc(Cl)cc1. The third-order valence-corrected chi connectivity index (χ3v) is 5.48. The maximum Gasteiger partial charge on any atom is 0.326 e. The van der Waals surface area contributed by atoms with E-state index in [2.05, 4.69) is 0 Å². The maximum atomic E-state index is 12.6. The molecular formula is C23H22ClNO6S. The fourth-order valence-electron chi connectivity index (χ4n) is 2.85. The predicted octanol–water partition coefficient (Wildman–Crippen LogP) is 4.92. The standard InChI is InChI=1S/C23H22ClNO6S/c1-14(2)31-21(26)12-25-22(27)20(32-23(25)28)11-16-6-9-18(29-3)19(10-16)30-13-15-4-7-17(24)8-5-15/h4-11,14H,12-13H2,1-3H3/b20-11-. The van der Waals surface area contributed by atoms with Crippen molar-refractivity contribution < 1.29 is 28.6 Å². The number of benzene rings is 2. The summed E-state index contributed by atoms with van der Waals surface area (Å²) < 4.78 is 16.3. The first-order chi connectivity index (χ1) is 15.3. The summed E-state index contributed by atoms with van der Waals surface area (Å²) in [5, 5.41) is 0.120. The Kier molecular flexibility index (Phi) is 7.82. The lowest BCUT2D eigenvalue weighted by Gasteiger charge is -2.13. The Bertz CT molecular complexity index is 1050. The average Bonchev–Trinajstić information content (AvgIpc) is 3.00. The number of halogens is 1. The largest absolute Gasteiger partial charge is 0.493 e. The van der Waals surface area contributed by atoms with E-state index in [1.807, 2.05) is 12.1 Å². The molecule has 1 fully saturated rings. The number of ether oxygens (including phenoxy) is 3. The van der Waals surface area contributed by atoms with Crippen LogP contribution in [0.4, 0.5) is 4.79 Å². The maximum absolute atomic E-state index is 12.6. The second-order valence-corrected chi connectivity index (χ2v) is 8.56. The van der Waals surface area contributed by atoms with Gasteiger partial charge in [0.05, 0.1) is 18.1 Å². The number of imide groups is 1. The lowest BCUT2D eigenvalue weighted by molar-refractivity contribution is -0.149. The summed E-state index contributed by atoms with van der Waals surface area (Å²) in [5.74, 6) is -0.164. The molecule has 1 aliphatic rings. The van der Waals surface area contributed by atoms with Crippen LogP contribution in [0.3, 0.4) is 0 Å². The summed E-state index contributed by atoms with van der Waals surface area (Å²) in [5.41, 5.74) is 1.57. The molecule has 1 aliphatic heterocycles. The molecule has 168 valence electrons. The summed E-state index contributed by atoms with van der Waals surface area (Å²) in [6.07, 6.45) is 1.25. The van der Waals surface area contributed by atoms with Crippen LogP contribution in [0.1, 0.15) is 25.0 Å². The molecule has 0 aliphatic carbocycles. The third-order valence-electron chi connectivity index (χ3n) is 4.32. The van der Waals surface area contributed by atoms with E-state index in [0.717, 1.165) is 22.2 Å². The zero-order valence-corrected chi connectivity index (χ0v) is 19.4. The molecule has 0 spiro atoms. The summed E-state index contributed by atoms with van der Waals surface area (Å²) in [4.78, 5) is 37.8. The molecule has 0 saturated carbocycles. The van der Waals surface area contributed by atoms with Crippen molar-refractivity contribution in [1.82, 2.24) is 4.90 Å². The van der Waals surface area contributed by atoms with Crippen LogP contribution in [0.25, 0.3) is 6.08 Å². The number of thioether (sulfide) groups is 1. The van der Waals surface area contributed by atoms with Crippen LogP contribution in [-0.4, -0.2) is 41.8 Å². The minimum atomic E-state index is -0.633. The van der Waals surface area contributed by atoms with Crippen LogP contribution in [-0.2, 0) is 20.9 Å². The van der Waals surface area contributed by atoms with E-state index in [0.29, 0.717) is 28.7 Å². The van der Waals surface area contributed by atoms with Crippen molar-refractivity contribution in [3.63, 3.8) is 0 Å². The molecule has 0 unspecified atom stereocenters. The van der Waals surface area contributed by atoms with Crippen LogP contribution in [0.5, 0.6) is 11.5 Å². The van der Waals surface area contributed by atoms with Crippen LogP contribution in [0.15, 0.2) is 47.4 Å². The molecule has 7 nitrogen and oxygen atoms in total. The monoisotopic (exact) mass is 475 g/mol. The topological polar surface area (TPSA) is 82.1 Å². The molecule has 1 saturated heterocycles. The minimum absolute atomic E-state index is 0.209. The zero-order chi connectivity index (χ0) is 23.3. The summed E-state index contributed by atoms with van der Waals surface area (Å²) >= 11 is 6.68. The van der Waals surface area contributed by atoms with Crippen molar-refractivity contribution in [2.45, 2.75) is 26.6 Å². The van der Waals surface area contributed by atoms with Crippen LogP contribution in [0.2, 0.25) is 5.02 Å². The quantitative estimate of drug-likeness (QED) is 0.396. The Hall–Kier alpha value is -2.97. The number of esters is 1. The van der Waals surface area contributed by atoms with Crippen LogP contribution >= 0.6 is 23.4 Å². The molecule has 0 atom stereocenters.